The maximum atomic E-state index is 10.9. The van der Waals surface area contributed by atoms with Gasteiger partial charge in [-0.15, -0.1) is 11.8 Å². The van der Waals surface area contributed by atoms with Crippen molar-refractivity contribution in [3.8, 4) is 5.75 Å². The summed E-state index contributed by atoms with van der Waals surface area (Å²) in [4.78, 5) is 11.9. The number of carbonyl (C=O) groups is 1. The summed E-state index contributed by atoms with van der Waals surface area (Å²) in [5, 5.41) is 0. The molecule has 1 aromatic rings. The van der Waals surface area contributed by atoms with Crippen molar-refractivity contribution >= 4 is 23.4 Å². The third-order valence-corrected chi connectivity index (χ3v) is 2.92. The zero-order chi connectivity index (χ0) is 12.0. The fourth-order valence-corrected chi connectivity index (χ4v) is 2.07. The molecule has 0 aliphatic carbocycles. The van der Waals surface area contributed by atoms with Crippen molar-refractivity contribution < 1.29 is 14.3 Å². The van der Waals surface area contributed by atoms with Gasteiger partial charge in [0.15, 0.2) is 0 Å². The van der Waals surface area contributed by atoms with Crippen LogP contribution in [-0.2, 0) is 9.53 Å². The molecule has 0 spiro atoms. The summed E-state index contributed by atoms with van der Waals surface area (Å²) in [7, 11) is 2.98. The van der Waals surface area contributed by atoms with E-state index in [4.69, 9.17) is 10.5 Å². The highest BCUT2D eigenvalue weighted by molar-refractivity contribution is 7.99. The highest BCUT2D eigenvalue weighted by Crippen LogP contribution is 2.26. The van der Waals surface area contributed by atoms with Crippen LogP contribution < -0.4 is 10.5 Å². The molecule has 0 saturated carbocycles. The standard InChI is InChI=1S/C11H15NO3S/c1-14-9-5-8(12)6-10(7-9)16-4-3-11(13)15-2/h5-7H,3-4,12H2,1-2H3. The molecule has 0 saturated heterocycles. The van der Waals surface area contributed by atoms with Gasteiger partial charge in [-0.1, -0.05) is 0 Å². The average Bonchev–Trinajstić information content (AvgIpc) is 2.28. The highest BCUT2D eigenvalue weighted by atomic mass is 32.2. The molecule has 1 rings (SSSR count). The van der Waals surface area contributed by atoms with Crippen LogP contribution >= 0.6 is 11.8 Å². The van der Waals surface area contributed by atoms with E-state index in [9.17, 15) is 4.79 Å². The normalized spacial score (nSPS) is 9.88. The smallest absolute Gasteiger partial charge is 0.306 e. The van der Waals surface area contributed by atoms with Crippen LogP contribution in [-0.4, -0.2) is 25.9 Å². The Hall–Kier alpha value is -1.36. The number of hydrogen-bond acceptors (Lipinski definition) is 5. The van der Waals surface area contributed by atoms with Gasteiger partial charge in [-0.2, -0.15) is 0 Å². The van der Waals surface area contributed by atoms with Crippen LogP contribution in [0.25, 0.3) is 0 Å². The molecule has 16 heavy (non-hydrogen) atoms. The Labute approximate surface area is 99.1 Å². The van der Waals surface area contributed by atoms with Crippen LogP contribution in [0.3, 0.4) is 0 Å². The van der Waals surface area contributed by atoms with Crippen LogP contribution in [0.15, 0.2) is 23.1 Å². The Morgan fingerprint density at radius 1 is 1.38 bits per heavy atom. The van der Waals surface area contributed by atoms with E-state index in [0.29, 0.717) is 17.9 Å². The molecule has 2 N–H and O–H groups in total. The van der Waals surface area contributed by atoms with Crippen LogP contribution in [0.4, 0.5) is 5.69 Å². The van der Waals surface area contributed by atoms with E-state index in [1.54, 1.807) is 24.9 Å². The van der Waals surface area contributed by atoms with E-state index in [1.807, 2.05) is 12.1 Å². The van der Waals surface area contributed by atoms with Crippen molar-refractivity contribution in [2.45, 2.75) is 11.3 Å². The van der Waals surface area contributed by atoms with Gasteiger partial charge in [-0.05, 0) is 12.1 Å². The van der Waals surface area contributed by atoms with Gasteiger partial charge in [0.1, 0.15) is 5.75 Å². The van der Waals surface area contributed by atoms with E-state index in [1.165, 1.54) is 7.11 Å². The zero-order valence-electron chi connectivity index (χ0n) is 9.36. The molecule has 0 radical (unpaired) electrons. The highest BCUT2D eigenvalue weighted by Gasteiger charge is 2.03. The molecule has 0 aliphatic heterocycles. The first-order valence-corrected chi connectivity index (χ1v) is 5.78. The number of methoxy groups -OCH3 is 2. The molecular formula is C11H15NO3S. The van der Waals surface area contributed by atoms with Crippen LogP contribution in [0.1, 0.15) is 6.42 Å². The maximum Gasteiger partial charge on any atom is 0.306 e. The van der Waals surface area contributed by atoms with E-state index in [0.717, 1.165) is 10.6 Å². The van der Waals surface area contributed by atoms with Crippen LogP contribution in [0.2, 0.25) is 0 Å². The molecule has 0 atom stereocenters. The minimum atomic E-state index is -0.205. The predicted molar refractivity (Wildman–Crippen MR) is 64.8 cm³/mol. The SMILES string of the molecule is COC(=O)CCSc1cc(N)cc(OC)c1. The van der Waals surface area contributed by atoms with Crippen LogP contribution in [0, 0.1) is 0 Å². The van der Waals surface area contributed by atoms with Crippen molar-refractivity contribution in [2.24, 2.45) is 0 Å². The number of ether oxygens (including phenoxy) is 2. The summed E-state index contributed by atoms with van der Waals surface area (Å²) in [6.45, 7) is 0. The first kappa shape index (κ1) is 12.7. The summed E-state index contributed by atoms with van der Waals surface area (Å²) in [5.41, 5.74) is 6.36. The monoisotopic (exact) mass is 241 g/mol. The molecule has 4 nitrogen and oxygen atoms in total. The lowest BCUT2D eigenvalue weighted by molar-refractivity contribution is -0.140. The summed E-state index contributed by atoms with van der Waals surface area (Å²) >= 11 is 1.55. The zero-order valence-corrected chi connectivity index (χ0v) is 10.2. The van der Waals surface area contributed by atoms with Gasteiger partial charge in [0, 0.05) is 22.4 Å². The van der Waals surface area contributed by atoms with Gasteiger partial charge >= 0.3 is 5.97 Å². The third kappa shape index (κ3) is 4.02. The summed E-state index contributed by atoms with van der Waals surface area (Å²) in [6.07, 6.45) is 0.387. The molecule has 0 aliphatic rings. The summed E-state index contributed by atoms with van der Waals surface area (Å²) < 4.78 is 9.65. The number of esters is 1. The molecule has 0 fully saturated rings. The molecule has 0 bridgehead atoms. The van der Waals surface area contributed by atoms with Gasteiger partial charge in [0.05, 0.1) is 20.6 Å². The van der Waals surface area contributed by atoms with E-state index >= 15 is 0 Å². The largest absolute Gasteiger partial charge is 0.497 e. The molecule has 88 valence electrons. The van der Waals surface area contributed by atoms with Gasteiger partial charge in [0.25, 0.3) is 0 Å². The van der Waals surface area contributed by atoms with E-state index in [2.05, 4.69) is 4.74 Å². The van der Waals surface area contributed by atoms with Gasteiger partial charge in [-0.3, -0.25) is 4.79 Å². The second-order valence-electron chi connectivity index (χ2n) is 3.12. The average molecular weight is 241 g/mol. The van der Waals surface area contributed by atoms with Crippen molar-refractivity contribution in [1.82, 2.24) is 0 Å². The Morgan fingerprint density at radius 3 is 2.75 bits per heavy atom. The van der Waals surface area contributed by atoms with Crippen LogP contribution in [0.5, 0.6) is 5.75 Å². The molecule has 0 unspecified atom stereocenters. The fourth-order valence-electron chi connectivity index (χ4n) is 1.15. The second kappa shape index (κ2) is 6.27. The lowest BCUT2D eigenvalue weighted by atomic mass is 10.3. The number of hydrogen-bond donors (Lipinski definition) is 1. The Kier molecular flexibility index (Phi) is 4.98. The Morgan fingerprint density at radius 2 is 2.12 bits per heavy atom. The molecule has 0 amide bonds. The lowest BCUT2D eigenvalue weighted by Gasteiger charge is -2.06. The topological polar surface area (TPSA) is 61.5 Å². The summed E-state index contributed by atoms with van der Waals surface area (Å²) in [6, 6.07) is 5.49. The molecule has 0 aromatic heterocycles. The number of benzene rings is 1. The second-order valence-corrected chi connectivity index (χ2v) is 4.28. The van der Waals surface area contributed by atoms with Gasteiger partial charge in [-0.25, -0.2) is 0 Å². The molecule has 1 aromatic carbocycles. The summed E-state index contributed by atoms with van der Waals surface area (Å²) in [5.74, 6) is 1.18. The quantitative estimate of drug-likeness (QED) is 0.485. The fraction of sp³-hybridized carbons (Fsp3) is 0.364. The number of thioether (sulfide) groups is 1. The number of nitrogens with two attached hydrogens (primary N) is 1. The lowest BCUT2D eigenvalue weighted by Crippen LogP contribution is -2.01. The van der Waals surface area contributed by atoms with Crippen molar-refractivity contribution in [1.29, 1.82) is 0 Å². The minimum Gasteiger partial charge on any atom is -0.497 e. The molecule has 0 heterocycles. The predicted octanol–water partition coefficient (Wildman–Crippen LogP) is 1.93. The van der Waals surface area contributed by atoms with E-state index in [-0.39, 0.29) is 5.97 Å². The van der Waals surface area contributed by atoms with Gasteiger partial charge < -0.3 is 15.2 Å². The molecule has 5 heteroatoms. The van der Waals surface area contributed by atoms with Gasteiger partial charge in [0.2, 0.25) is 0 Å². The Bertz CT molecular complexity index is 368. The number of carbonyl (C=O) groups excluding carboxylic acids is 1. The van der Waals surface area contributed by atoms with Crippen molar-refractivity contribution in [2.75, 3.05) is 25.7 Å². The Balaban J connectivity index is 2.53. The number of anilines is 1. The molecular weight excluding hydrogens is 226 g/mol. The third-order valence-electron chi connectivity index (χ3n) is 1.94. The van der Waals surface area contributed by atoms with E-state index < -0.39 is 0 Å². The first-order chi connectivity index (χ1) is 7.65. The first-order valence-electron chi connectivity index (χ1n) is 4.80. The van der Waals surface area contributed by atoms with Crippen molar-refractivity contribution in [3.05, 3.63) is 18.2 Å². The number of rotatable bonds is 5. The number of nitrogen functional groups attached to an aromatic ring is 1. The maximum absolute atomic E-state index is 10.9. The van der Waals surface area contributed by atoms with Crippen molar-refractivity contribution in [3.63, 3.8) is 0 Å². The minimum absolute atomic E-state index is 0.205.